The molecule has 0 saturated heterocycles. The Hall–Kier alpha value is -3.11. The molecule has 2 amide bonds. The lowest BCUT2D eigenvalue weighted by atomic mass is 10.2. The van der Waals surface area contributed by atoms with Crippen LogP contribution in [0.1, 0.15) is 5.56 Å². The number of anilines is 2. The van der Waals surface area contributed by atoms with Crippen LogP contribution in [0.2, 0.25) is 5.02 Å². The van der Waals surface area contributed by atoms with Crippen LogP contribution in [0.15, 0.2) is 77.7 Å². The van der Waals surface area contributed by atoms with E-state index in [-0.39, 0.29) is 11.4 Å². The highest BCUT2D eigenvalue weighted by molar-refractivity contribution is 7.89. The van der Waals surface area contributed by atoms with Gasteiger partial charge >= 0.3 is 6.03 Å². The zero-order valence-corrected chi connectivity index (χ0v) is 21.4. The summed E-state index contributed by atoms with van der Waals surface area (Å²) in [5, 5.41) is 5.74. The number of rotatable bonds is 10. The molecule has 0 aliphatic carbocycles. The van der Waals surface area contributed by atoms with Gasteiger partial charge in [-0.3, -0.25) is 0 Å². The number of hydrogen-bond acceptors (Lipinski definition) is 5. The highest BCUT2D eigenvalue weighted by Crippen LogP contribution is 2.27. The summed E-state index contributed by atoms with van der Waals surface area (Å²) in [6.07, 6.45) is 0. The molecule has 0 unspecified atom stereocenters. The topological polar surface area (TPSA) is 91.0 Å². The minimum Gasteiger partial charge on any atom is -0.495 e. The first kappa shape index (κ1) is 26.5. The second kappa shape index (κ2) is 12.0. The monoisotopic (exact) mass is 516 g/mol. The van der Waals surface area contributed by atoms with Crippen molar-refractivity contribution >= 4 is 39.0 Å². The van der Waals surface area contributed by atoms with E-state index in [1.165, 1.54) is 23.5 Å². The van der Waals surface area contributed by atoms with Crippen LogP contribution in [0.4, 0.5) is 16.2 Å². The fraction of sp³-hybridized carbons (Fsp3) is 0.240. The number of urea groups is 1. The smallest absolute Gasteiger partial charge is 0.323 e. The third-order valence-corrected chi connectivity index (χ3v) is 7.31. The van der Waals surface area contributed by atoms with Gasteiger partial charge in [0.15, 0.2) is 0 Å². The van der Waals surface area contributed by atoms with Crippen molar-refractivity contribution in [1.82, 2.24) is 9.21 Å². The van der Waals surface area contributed by atoms with Crippen LogP contribution in [0.25, 0.3) is 0 Å². The van der Waals surface area contributed by atoms with Crippen LogP contribution < -0.4 is 15.4 Å². The highest BCUT2D eigenvalue weighted by Gasteiger charge is 2.24. The Morgan fingerprint density at radius 2 is 1.54 bits per heavy atom. The molecule has 0 saturated carbocycles. The summed E-state index contributed by atoms with van der Waals surface area (Å²) in [6.45, 7) is 1.20. The zero-order valence-electron chi connectivity index (χ0n) is 19.9. The van der Waals surface area contributed by atoms with E-state index in [2.05, 4.69) is 10.6 Å². The van der Waals surface area contributed by atoms with Gasteiger partial charge in [0, 0.05) is 31.0 Å². The van der Waals surface area contributed by atoms with Crippen molar-refractivity contribution in [3.63, 3.8) is 0 Å². The number of hydrogen-bond donors (Lipinski definition) is 2. The predicted molar refractivity (Wildman–Crippen MR) is 140 cm³/mol. The van der Waals surface area contributed by atoms with Crippen molar-refractivity contribution in [2.45, 2.75) is 11.4 Å². The van der Waals surface area contributed by atoms with Gasteiger partial charge in [0.05, 0.1) is 17.0 Å². The van der Waals surface area contributed by atoms with Crippen molar-refractivity contribution < 1.29 is 17.9 Å². The van der Waals surface area contributed by atoms with Gasteiger partial charge in [0.25, 0.3) is 0 Å². The predicted octanol–water partition coefficient (Wildman–Crippen LogP) is 4.75. The van der Waals surface area contributed by atoms with E-state index >= 15 is 0 Å². The summed E-state index contributed by atoms with van der Waals surface area (Å²) in [5.41, 5.74) is 1.84. The average molecular weight is 517 g/mol. The molecule has 0 aromatic heterocycles. The van der Waals surface area contributed by atoms with Gasteiger partial charge in [0.2, 0.25) is 10.0 Å². The normalized spacial score (nSPS) is 11.5. The largest absolute Gasteiger partial charge is 0.495 e. The van der Waals surface area contributed by atoms with Crippen molar-refractivity contribution in [3.05, 3.63) is 83.4 Å². The lowest BCUT2D eigenvalue weighted by Crippen LogP contribution is -2.36. The summed E-state index contributed by atoms with van der Waals surface area (Å²) in [4.78, 5) is 14.5. The Morgan fingerprint density at radius 3 is 2.14 bits per heavy atom. The summed E-state index contributed by atoms with van der Waals surface area (Å²) >= 11 is 6.09. The van der Waals surface area contributed by atoms with Gasteiger partial charge < -0.3 is 20.3 Å². The molecule has 10 heteroatoms. The molecule has 35 heavy (non-hydrogen) atoms. The Morgan fingerprint density at radius 1 is 0.914 bits per heavy atom. The second-order valence-electron chi connectivity index (χ2n) is 8.08. The second-order valence-corrected chi connectivity index (χ2v) is 10.4. The van der Waals surface area contributed by atoms with Crippen molar-refractivity contribution in [1.29, 1.82) is 0 Å². The molecule has 186 valence electrons. The first-order valence-corrected chi connectivity index (χ1v) is 12.7. The first-order chi connectivity index (χ1) is 16.7. The third kappa shape index (κ3) is 7.43. The zero-order chi connectivity index (χ0) is 25.4. The average Bonchev–Trinajstić information content (AvgIpc) is 2.82. The number of amides is 2. The molecule has 3 aromatic carbocycles. The molecule has 0 radical (unpaired) electrons. The quantitative estimate of drug-likeness (QED) is 0.406. The van der Waals surface area contributed by atoms with Crippen LogP contribution in [-0.2, 0) is 16.6 Å². The number of benzene rings is 3. The van der Waals surface area contributed by atoms with Crippen LogP contribution in [0, 0.1) is 0 Å². The summed E-state index contributed by atoms with van der Waals surface area (Å²) in [5.74, 6) is 0.501. The number of likely N-dealkylation sites (N-methyl/N-ethyl adjacent to an activating group) is 1. The Kier molecular flexibility index (Phi) is 9.11. The van der Waals surface area contributed by atoms with E-state index in [0.717, 1.165) is 5.56 Å². The molecule has 0 aliphatic heterocycles. The number of halogens is 1. The number of carbonyl (C=O) groups excluding carboxylic acids is 1. The van der Waals surface area contributed by atoms with Crippen molar-refractivity contribution in [2.24, 2.45) is 0 Å². The van der Waals surface area contributed by atoms with Gasteiger partial charge in [-0.15, -0.1) is 0 Å². The third-order valence-electron chi connectivity index (χ3n) is 5.16. The molecule has 0 spiro atoms. The number of ether oxygens (including phenoxy) is 1. The van der Waals surface area contributed by atoms with Gasteiger partial charge in [-0.2, -0.15) is 4.31 Å². The molecule has 0 bridgehead atoms. The fourth-order valence-electron chi connectivity index (χ4n) is 3.28. The van der Waals surface area contributed by atoms with Gasteiger partial charge in [-0.1, -0.05) is 41.9 Å². The number of methoxy groups -OCH3 is 1. The first-order valence-electron chi connectivity index (χ1n) is 10.9. The highest BCUT2D eigenvalue weighted by atomic mass is 35.5. The van der Waals surface area contributed by atoms with Gasteiger partial charge in [-0.05, 0) is 62.1 Å². The molecule has 0 heterocycles. The molecule has 3 aromatic rings. The Bertz CT molecular complexity index is 1240. The van der Waals surface area contributed by atoms with Crippen molar-refractivity contribution in [2.75, 3.05) is 44.9 Å². The van der Waals surface area contributed by atoms with Gasteiger partial charge in [-0.25, -0.2) is 13.2 Å². The van der Waals surface area contributed by atoms with E-state index in [1.54, 1.807) is 30.3 Å². The van der Waals surface area contributed by atoms with Crippen molar-refractivity contribution in [3.8, 4) is 5.75 Å². The number of carbonyl (C=O) groups is 1. The number of sulfonamides is 1. The molecule has 0 fully saturated rings. The van der Waals surface area contributed by atoms with Gasteiger partial charge in [0.1, 0.15) is 5.75 Å². The minimum atomic E-state index is -3.75. The van der Waals surface area contributed by atoms with E-state index in [9.17, 15) is 13.2 Å². The molecule has 2 N–H and O–H groups in total. The summed E-state index contributed by atoms with van der Waals surface area (Å²) in [6, 6.07) is 20.0. The summed E-state index contributed by atoms with van der Waals surface area (Å²) < 4.78 is 33.4. The fourth-order valence-corrected chi connectivity index (χ4v) is 4.96. The Labute approximate surface area is 211 Å². The molecule has 8 nitrogen and oxygen atoms in total. The lowest BCUT2D eigenvalue weighted by molar-refractivity contribution is 0.262. The molecule has 0 aliphatic rings. The molecular formula is C25H29ClN4O4S. The van der Waals surface area contributed by atoms with Crippen LogP contribution in [0.3, 0.4) is 0 Å². The SMILES string of the molecule is COc1ccc(NC(=O)Nc2ccc(S(=O)(=O)N(CCN(C)C)Cc3ccccc3)cc2)cc1Cl. The molecule has 0 atom stereocenters. The van der Waals surface area contributed by atoms with E-state index < -0.39 is 16.1 Å². The van der Waals surface area contributed by atoms with Crippen LogP contribution in [-0.4, -0.2) is 57.9 Å². The maximum absolute atomic E-state index is 13.4. The maximum atomic E-state index is 13.4. The minimum absolute atomic E-state index is 0.153. The van der Waals surface area contributed by atoms with E-state index in [4.69, 9.17) is 16.3 Å². The van der Waals surface area contributed by atoms with Crippen LogP contribution in [0.5, 0.6) is 5.75 Å². The van der Waals surface area contributed by atoms with Crippen LogP contribution >= 0.6 is 11.6 Å². The Balaban J connectivity index is 1.70. The molecule has 3 rings (SSSR count). The standard InChI is InChI=1S/C25H29ClN4O4S/c1-29(2)15-16-30(18-19-7-5-4-6-8-19)35(32,33)22-12-9-20(10-13-22)27-25(31)28-21-11-14-24(34-3)23(26)17-21/h4-14,17H,15-16,18H2,1-3H3,(H2,27,28,31). The van der Waals surface area contributed by atoms with E-state index in [1.807, 2.05) is 49.3 Å². The summed E-state index contributed by atoms with van der Waals surface area (Å²) in [7, 11) is 1.56. The lowest BCUT2D eigenvalue weighted by Gasteiger charge is -2.24. The van der Waals surface area contributed by atoms with E-state index in [0.29, 0.717) is 35.2 Å². The number of nitrogens with one attached hydrogen (secondary N) is 2. The number of nitrogens with zero attached hydrogens (tertiary/aromatic N) is 2. The molecular weight excluding hydrogens is 488 g/mol. The maximum Gasteiger partial charge on any atom is 0.323 e.